The van der Waals surface area contributed by atoms with Crippen LogP contribution in [0, 0.1) is 0 Å². The summed E-state index contributed by atoms with van der Waals surface area (Å²) in [6.07, 6.45) is 2.81. The monoisotopic (exact) mass is 406 g/mol. The number of benzene rings is 2. The summed E-state index contributed by atoms with van der Waals surface area (Å²) < 4.78 is 6.37. The predicted molar refractivity (Wildman–Crippen MR) is 98.4 cm³/mol. The van der Waals surface area contributed by atoms with Crippen LogP contribution in [0.3, 0.4) is 0 Å². The smallest absolute Gasteiger partial charge is 0.342 e. The summed E-state index contributed by atoms with van der Waals surface area (Å²) in [4.78, 5) is 28.0. The lowest BCUT2D eigenvalue weighted by Crippen LogP contribution is -2.22. The van der Waals surface area contributed by atoms with Crippen LogP contribution in [0.1, 0.15) is 10.4 Å². The standard InChI is InChI=1S/C17H12Cl2N4O4/c18-10-2-4-15(24)12(5-10)17(26)27-7-16(25)22-13-6-11(19)1-3-14(13)23-9-20-8-21-23/h1-6,8-9,24H,7H2,(H,22,25). The molecular weight excluding hydrogens is 395 g/mol. The summed E-state index contributed by atoms with van der Waals surface area (Å²) >= 11 is 11.8. The van der Waals surface area contributed by atoms with Crippen LogP contribution in [0.25, 0.3) is 5.69 Å². The van der Waals surface area contributed by atoms with E-state index in [4.69, 9.17) is 27.9 Å². The van der Waals surface area contributed by atoms with Gasteiger partial charge in [-0.2, -0.15) is 5.10 Å². The number of carbonyl (C=O) groups excluding carboxylic acids is 2. The molecule has 0 atom stereocenters. The number of hydrogen-bond donors (Lipinski definition) is 2. The largest absolute Gasteiger partial charge is 0.507 e. The number of amides is 1. The molecule has 0 aliphatic carbocycles. The van der Waals surface area contributed by atoms with Crippen molar-refractivity contribution < 1.29 is 19.4 Å². The number of ether oxygens (including phenoxy) is 1. The summed E-state index contributed by atoms with van der Waals surface area (Å²) in [5.41, 5.74) is 0.755. The molecule has 0 aliphatic heterocycles. The van der Waals surface area contributed by atoms with Crippen molar-refractivity contribution in [3.63, 3.8) is 0 Å². The van der Waals surface area contributed by atoms with E-state index >= 15 is 0 Å². The summed E-state index contributed by atoms with van der Waals surface area (Å²) in [5, 5.41) is 16.9. The maximum absolute atomic E-state index is 12.2. The molecule has 138 valence electrons. The van der Waals surface area contributed by atoms with Gasteiger partial charge in [0.1, 0.15) is 24.0 Å². The molecule has 0 radical (unpaired) electrons. The van der Waals surface area contributed by atoms with Crippen LogP contribution in [0.5, 0.6) is 5.75 Å². The molecule has 1 amide bonds. The molecule has 0 fully saturated rings. The van der Waals surface area contributed by atoms with Crippen molar-refractivity contribution >= 4 is 40.8 Å². The molecule has 0 bridgehead atoms. The van der Waals surface area contributed by atoms with Crippen LogP contribution in [0.4, 0.5) is 5.69 Å². The molecule has 0 unspecified atom stereocenters. The zero-order valence-corrected chi connectivity index (χ0v) is 15.1. The SMILES string of the molecule is O=C(COC(=O)c1cc(Cl)ccc1O)Nc1cc(Cl)ccc1-n1cncn1. The van der Waals surface area contributed by atoms with E-state index in [0.29, 0.717) is 16.4 Å². The third kappa shape index (κ3) is 4.55. The van der Waals surface area contributed by atoms with E-state index < -0.39 is 18.5 Å². The second-order valence-corrected chi connectivity index (χ2v) is 6.16. The lowest BCUT2D eigenvalue weighted by atomic mass is 10.2. The molecule has 3 rings (SSSR count). The number of nitrogens with one attached hydrogen (secondary N) is 1. The van der Waals surface area contributed by atoms with Gasteiger partial charge in [-0.1, -0.05) is 23.2 Å². The molecule has 0 aliphatic rings. The summed E-state index contributed by atoms with van der Waals surface area (Å²) in [7, 11) is 0. The van der Waals surface area contributed by atoms with Gasteiger partial charge in [-0.05, 0) is 36.4 Å². The van der Waals surface area contributed by atoms with Crippen molar-refractivity contribution in [2.24, 2.45) is 0 Å². The Morgan fingerprint density at radius 2 is 1.89 bits per heavy atom. The van der Waals surface area contributed by atoms with Crippen molar-refractivity contribution in [1.82, 2.24) is 14.8 Å². The van der Waals surface area contributed by atoms with E-state index in [1.807, 2.05) is 0 Å². The summed E-state index contributed by atoms with van der Waals surface area (Å²) in [5.74, 6) is -1.78. The van der Waals surface area contributed by atoms with Crippen LogP contribution in [0.15, 0.2) is 49.1 Å². The molecule has 1 heterocycles. The first-order valence-corrected chi connectivity index (χ1v) is 8.29. The van der Waals surface area contributed by atoms with Crippen LogP contribution in [-0.4, -0.2) is 38.4 Å². The minimum Gasteiger partial charge on any atom is -0.507 e. The number of halogens is 2. The zero-order valence-electron chi connectivity index (χ0n) is 13.6. The Balaban J connectivity index is 1.69. The van der Waals surface area contributed by atoms with Gasteiger partial charge in [0.25, 0.3) is 5.91 Å². The average Bonchev–Trinajstić information content (AvgIpc) is 3.16. The molecule has 0 saturated carbocycles. The van der Waals surface area contributed by atoms with Gasteiger partial charge in [0.2, 0.25) is 0 Å². The number of hydrogen-bond acceptors (Lipinski definition) is 6. The first-order valence-electron chi connectivity index (χ1n) is 7.54. The molecule has 1 aromatic heterocycles. The Hall–Kier alpha value is -3.10. The minimum atomic E-state index is -0.882. The van der Waals surface area contributed by atoms with Crippen molar-refractivity contribution in [2.45, 2.75) is 0 Å². The number of aromatic hydroxyl groups is 1. The highest BCUT2D eigenvalue weighted by Crippen LogP contribution is 2.24. The molecule has 0 saturated heterocycles. The van der Waals surface area contributed by atoms with Crippen LogP contribution >= 0.6 is 23.2 Å². The first kappa shape index (κ1) is 18.7. The number of nitrogens with zero attached hydrogens (tertiary/aromatic N) is 3. The average molecular weight is 407 g/mol. The van der Waals surface area contributed by atoms with Gasteiger partial charge >= 0.3 is 5.97 Å². The van der Waals surface area contributed by atoms with E-state index in [0.717, 1.165) is 0 Å². The molecule has 27 heavy (non-hydrogen) atoms. The van der Waals surface area contributed by atoms with Gasteiger partial charge in [-0.3, -0.25) is 4.79 Å². The lowest BCUT2D eigenvalue weighted by Gasteiger charge is -2.12. The number of phenolic OH excluding ortho intramolecular Hbond substituents is 1. The highest BCUT2D eigenvalue weighted by atomic mass is 35.5. The molecule has 3 aromatic rings. The number of esters is 1. The zero-order chi connectivity index (χ0) is 19.4. The van der Waals surface area contributed by atoms with Crippen molar-refractivity contribution in [3.05, 3.63) is 64.7 Å². The summed E-state index contributed by atoms with van der Waals surface area (Å²) in [6.45, 7) is -0.575. The Morgan fingerprint density at radius 3 is 2.63 bits per heavy atom. The number of rotatable bonds is 5. The fourth-order valence-electron chi connectivity index (χ4n) is 2.21. The second kappa shape index (κ2) is 8.07. The Bertz CT molecular complexity index is 993. The number of phenols is 1. The van der Waals surface area contributed by atoms with Crippen molar-refractivity contribution in [2.75, 3.05) is 11.9 Å². The quantitative estimate of drug-likeness (QED) is 0.630. The van der Waals surface area contributed by atoms with E-state index in [1.165, 1.54) is 41.6 Å². The molecule has 8 nitrogen and oxygen atoms in total. The minimum absolute atomic E-state index is 0.138. The Labute approximate surface area is 163 Å². The highest BCUT2D eigenvalue weighted by Gasteiger charge is 2.16. The summed E-state index contributed by atoms with van der Waals surface area (Å²) in [6, 6.07) is 8.75. The van der Waals surface area contributed by atoms with Gasteiger partial charge in [0.05, 0.1) is 11.4 Å². The fraction of sp³-hybridized carbons (Fsp3) is 0.0588. The Kier molecular flexibility index (Phi) is 5.58. The topological polar surface area (TPSA) is 106 Å². The fourth-order valence-corrected chi connectivity index (χ4v) is 2.55. The molecule has 2 N–H and O–H groups in total. The van der Waals surface area contributed by atoms with E-state index in [1.54, 1.807) is 12.1 Å². The van der Waals surface area contributed by atoms with Gasteiger partial charge in [-0.25, -0.2) is 14.5 Å². The van der Waals surface area contributed by atoms with Crippen molar-refractivity contribution in [1.29, 1.82) is 0 Å². The maximum atomic E-state index is 12.2. The van der Waals surface area contributed by atoms with Gasteiger partial charge in [-0.15, -0.1) is 0 Å². The second-order valence-electron chi connectivity index (χ2n) is 5.29. The third-order valence-corrected chi connectivity index (χ3v) is 3.88. The van der Waals surface area contributed by atoms with Crippen LogP contribution in [0.2, 0.25) is 10.0 Å². The lowest BCUT2D eigenvalue weighted by molar-refractivity contribution is -0.119. The first-order chi connectivity index (χ1) is 12.9. The maximum Gasteiger partial charge on any atom is 0.342 e. The Morgan fingerprint density at radius 1 is 1.15 bits per heavy atom. The third-order valence-electron chi connectivity index (χ3n) is 3.41. The molecule has 2 aromatic carbocycles. The van der Waals surface area contributed by atoms with Gasteiger partial charge in [0.15, 0.2) is 6.61 Å². The van der Waals surface area contributed by atoms with Gasteiger partial charge < -0.3 is 15.2 Å². The number of aromatic nitrogens is 3. The van der Waals surface area contributed by atoms with Gasteiger partial charge in [0, 0.05) is 10.0 Å². The molecule has 0 spiro atoms. The predicted octanol–water partition coefficient (Wildman–Crippen LogP) is 3.08. The van der Waals surface area contributed by atoms with E-state index in [9.17, 15) is 14.7 Å². The van der Waals surface area contributed by atoms with E-state index in [2.05, 4.69) is 15.4 Å². The van der Waals surface area contributed by atoms with Crippen LogP contribution in [-0.2, 0) is 9.53 Å². The normalized spacial score (nSPS) is 10.4. The van der Waals surface area contributed by atoms with Crippen LogP contribution < -0.4 is 5.32 Å². The van der Waals surface area contributed by atoms with E-state index in [-0.39, 0.29) is 16.3 Å². The number of anilines is 1. The molecular formula is C17H12Cl2N4O4. The molecule has 10 heteroatoms. The highest BCUT2D eigenvalue weighted by molar-refractivity contribution is 6.31. The van der Waals surface area contributed by atoms with Crippen molar-refractivity contribution in [3.8, 4) is 11.4 Å². The number of carbonyl (C=O) groups is 2.